The minimum Gasteiger partial charge on any atom is -0.338 e. The molecule has 0 spiro atoms. The van der Waals surface area contributed by atoms with Gasteiger partial charge in [-0.1, -0.05) is 29.8 Å². The fraction of sp³-hybridized carbons (Fsp3) is 0.238. The summed E-state index contributed by atoms with van der Waals surface area (Å²) in [5.74, 6) is 0.333. The summed E-state index contributed by atoms with van der Waals surface area (Å²) in [6, 6.07) is 12.6. The smallest absolute Gasteiger partial charge is 0.338 e. The van der Waals surface area contributed by atoms with E-state index in [4.69, 9.17) is 11.6 Å². The average molecular weight is 483 g/mol. The van der Waals surface area contributed by atoms with E-state index in [0.717, 1.165) is 12.1 Å². The molecule has 0 aliphatic carbocycles. The first kappa shape index (κ1) is 22.5. The fourth-order valence-corrected chi connectivity index (χ4v) is 5.14. The zero-order valence-electron chi connectivity index (χ0n) is 16.6. The fourth-order valence-electron chi connectivity index (χ4n) is 3.42. The maximum Gasteiger partial charge on any atom is 0.416 e. The number of hydrogen-bond acceptors (Lipinski definition) is 5. The maximum absolute atomic E-state index is 13.0. The van der Waals surface area contributed by atoms with Crippen LogP contribution >= 0.6 is 11.6 Å². The van der Waals surface area contributed by atoms with Gasteiger partial charge in [0.15, 0.2) is 0 Å². The van der Waals surface area contributed by atoms with Crippen LogP contribution in [-0.4, -0.2) is 48.9 Å². The lowest BCUT2D eigenvalue weighted by Gasteiger charge is -2.34. The first-order chi connectivity index (χ1) is 15.1. The number of aromatic nitrogens is 2. The largest absolute Gasteiger partial charge is 0.416 e. The molecule has 0 amide bonds. The Kier molecular flexibility index (Phi) is 6.11. The van der Waals surface area contributed by atoms with Crippen molar-refractivity contribution in [2.24, 2.45) is 0 Å². The Morgan fingerprint density at radius 1 is 0.938 bits per heavy atom. The Balaban J connectivity index is 1.50. The average Bonchev–Trinajstić information content (AvgIpc) is 2.79. The Labute approximate surface area is 188 Å². The van der Waals surface area contributed by atoms with E-state index in [-0.39, 0.29) is 18.0 Å². The maximum atomic E-state index is 13.0. The van der Waals surface area contributed by atoms with Gasteiger partial charge in [0.1, 0.15) is 0 Å². The Morgan fingerprint density at radius 2 is 1.66 bits per heavy atom. The van der Waals surface area contributed by atoms with Gasteiger partial charge < -0.3 is 4.90 Å². The van der Waals surface area contributed by atoms with Gasteiger partial charge in [0.05, 0.1) is 16.2 Å². The number of alkyl halides is 3. The van der Waals surface area contributed by atoms with E-state index in [1.165, 1.54) is 28.7 Å². The van der Waals surface area contributed by atoms with Crippen molar-refractivity contribution in [3.05, 3.63) is 71.4 Å². The van der Waals surface area contributed by atoms with Crippen molar-refractivity contribution in [2.75, 3.05) is 31.1 Å². The number of rotatable bonds is 4. The molecule has 1 saturated heterocycles. The quantitative estimate of drug-likeness (QED) is 0.554. The summed E-state index contributed by atoms with van der Waals surface area (Å²) >= 11 is 5.92. The molecule has 3 aromatic rings. The number of hydrogen-bond donors (Lipinski definition) is 0. The number of anilines is 1. The lowest BCUT2D eigenvalue weighted by Crippen LogP contribution is -2.49. The second kappa shape index (κ2) is 8.68. The molecule has 1 fully saturated rings. The van der Waals surface area contributed by atoms with Crippen molar-refractivity contribution in [3.63, 3.8) is 0 Å². The Hall–Kier alpha value is -2.69. The summed E-state index contributed by atoms with van der Waals surface area (Å²) in [5.41, 5.74) is -0.0734. The van der Waals surface area contributed by atoms with Crippen LogP contribution in [-0.2, 0) is 16.2 Å². The first-order valence-electron chi connectivity index (χ1n) is 9.66. The molecular weight excluding hydrogens is 465 g/mol. The molecule has 1 aromatic heterocycles. The van der Waals surface area contributed by atoms with Crippen molar-refractivity contribution in [3.8, 4) is 11.3 Å². The molecule has 1 aliphatic rings. The molecule has 0 bridgehead atoms. The number of nitrogens with zero attached hydrogens (tertiary/aromatic N) is 4. The molecule has 32 heavy (non-hydrogen) atoms. The minimum absolute atomic E-state index is 0.126. The van der Waals surface area contributed by atoms with Crippen LogP contribution in [0.4, 0.5) is 19.1 Å². The van der Waals surface area contributed by atoms with Gasteiger partial charge in [0, 0.05) is 43.0 Å². The predicted molar refractivity (Wildman–Crippen MR) is 115 cm³/mol. The summed E-state index contributed by atoms with van der Waals surface area (Å²) in [7, 11) is -3.69. The zero-order valence-corrected chi connectivity index (χ0v) is 18.2. The minimum atomic E-state index is -4.45. The summed E-state index contributed by atoms with van der Waals surface area (Å²) in [4.78, 5) is 10.6. The van der Waals surface area contributed by atoms with Gasteiger partial charge in [0.25, 0.3) is 0 Å². The van der Waals surface area contributed by atoms with Crippen LogP contribution in [0.3, 0.4) is 0 Å². The highest BCUT2D eigenvalue weighted by molar-refractivity contribution is 7.89. The third kappa shape index (κ3) is 4.72. The molecule has 11 heteroatoms. The number of benzene rings is 2. The molecule has 2 heterocycles. The Bertz CT molecular complexity index is 1230. The molecule has 2 aromatic carbocycles. The van der Waals surface area contributed by atoms with Gasteiger partial charge in [0.2, 0.25) is 16.0 Å². The van der Waals surface area contributed by atoms with Crippen LogP contribution in [0.2, 0.25) is 5.02 Å². The third-order valence-corrected chi connectivity index (χ3v) is 7.21. The van der Waals surface area contributed by atoms with Crippen molar-refractivity contribution >= 4 is 27.6 Å². The van der Waals surface area contributed by atoms with Gasteiger partial charge in [-0.05, 0) is 36.4 Å². The molecule has 0 unspecified atom stereocenters. The molecule has 1 aliphatic heterocycles. The van der Waals surface area contributed by atoms with E-state index in [1.807, 2.05) is 0 Å². The van der Waals surface area contributed by atoms with Crippen molar-refractivity contribution in [2.45, 2.75) is 11.1 Å². The number of piperazine rings is 1. The summed E-state index contributed by atoms with van der Waals surface area (Å²) < 4.78 is 66.2. The van der Waals surface area contributed by atoms with E-state index in [2.05, 4.69) is 9.97 Å². The van der Waals surface area contributed by atoms with E-state index in [1.54, 1.807) is 29.2 Å². The van der Waals surface area contributed by atoms with Gasteiger partial charge in [-0.2, -0.15) is 17.5 Å². The molecule has 0 saturated carbocycles. The van der Waals surface area contributed by atoms with Gasteiger partial charge >= 0.3 is 6.18 Å². The summed E-state index contributed by atoms with van der Waals surface area (Å²) in [6.45, 7) is 1.11. The van der Waals surface area contributed by atoms with Gasteiger partial charge in [-0.15, -0.1) is 0 Å². The lowest BCUT2D eigenvalue weighted by atomic mass is 10.1. The number of sulfonamides is 1. The van der Waals surface area contributed by atoms with Crippen LogP contribution in [0.5, 0.6) is 0 Å². The molecule has 6 nitrogen and oxygen atoms in total. The second-order valence-electron chi connectivity index (χ2n) is 7.17. The van der Waals surface area contributed by atoms with Crippen LogP contribution < -0.4 is 4.90 Å². The molecule has 168 valence electrons. The van der Waals surface area contributed by atoms with Crippen LogP contribution in [0, 0.1) is 0 Å². The van der Waals surface area contributed by atoms with Crippen molar-refractivity contribution in [1.29, 1.82) is 0 Å². The summed E-state index contributed by atoms with van der Waals surface area (Å²) in [5, 5.41) is 0.338. The van der Waals surface area contributed by atoms with Gasteiger partial charge in [-0.25, -0.2) is 18.4 Å². The molecule has 0 radical (unpaired) electrons. The van der Waals surface area contributed by atoms with Crippen LogP contribution in [0.25, 0.3) is 11.3 Å². The highest BCUT2D eigenvalue weighted by Gasteiger charge is 2.31. The standard InChI is InChI=1S/C21H18ClF3N4O2S/c22-17-5-2-6-18(14-17)32(30,31)29-11-9-28(10-12-29)20-26-8-7-19(27-20)15-3-1-4-16(13-15)21(23,24)25/h1-8,13-14H,9-12H2. The highest BCUT2D eigenvalue weighted by Crippen LogP contribution is 2.32. The van der Waals surface area contributed by atoms with Crippen LogP contribution in [0.1, 0.15) is 5.56 Å². The predicted octanol–water partition coefficient (Wildman–Crippen LogP) is 4.33. The Morgan fingerprint density at radius 3 is 2.34 bits per heavy atom. The molecular formula is C21H18ClF3N4O2S. The van der Waals surface area contributed by atoms with Crippen molar-refractivity contribution in [1.82, 2.24) is 14.3 Å². The second-order valence-corrected chi connectivity index (χ2v) is 9.54. The lowest BCUT2D eigenvalue weighted by molar-refractivity contribution is -0.137. The van der Waals surface area contributed by atoms with Crippen molar-refractivity contribution < 1.29 is 21.6 Å². The normalized spacial score (nSPS) is 15.7. The van der Waals surface area contributed by atoms with E-state index < -0.39 is 21.8 Å². The SMILES string of the molecule is O=S(=O)(c1cccc(Cl)c1)N1CCN(c2nccc(-c3cccc(C(F)(F)F)c3)n2)CC1. The third-order valence-electron chi connectivity index (χ3n) is 5.08. The topological polar surface area (TPSA) is 66.4 Å². The van der Waals surface area contributed by atoms with E-state index >= 15 is 0 Å². The molecule has 0 N–H and O–H groups in total. The van der Waals surface area contributed by atoms with Gasteiger partial charge in [-0.3, -0.25) is 0 Å². The highest BCUT2D eigenvalue weighted by atomic mass is 35.5. The molecule has 0 atom stereocenters. The van der Waals surface area contributed by atoms with E-state index in [0.29, 0.717) is 35.3 Å². The monoisotopic (exact) mass is 482 g/mol. The number of halogens is 4. The first-order valence-corrected chi connectivity index (χ1v) is 11.5. The zero-order chi connectivity index (χ0) is 22.9. The van der Waals surface area contributed by atoms with Crippen LogP contribution in [0.15, 0.2) is 65.7 Å². The molecule has 4 rings (SSSR count). The summed E-state index contributed by atoms with van der Waals surface area (Å²) in [6.07, 6.45) is -2.97. The van der Waals surface area contributed by atoms with E-state index in [9.17, 15) is 21.6 Å².